The number of pyridine rings is 1. The van der Waals surface area contributed by atoms with Gasteiger partial charge in [-0.25, -0.2) is 14.4 Å². The number of aromatic amines is 1. The average molecular weight is 551 g/mol. The smallest absolute Gasteiger partial charge is 0.240 e. The number of allylic oxidation sites excluding steroid dienone is 2. The van der Waals surface area contributed by atoms with Crippen LogP contribution in [0.15, 0.2) is 103 Å². The number of nitrogens with zero attached hydrogens (tertiary/aromatic N) is 2. The Balaban J connectivity index is 1.12. The molecule has 1 saturated carbocycles. The van der Waals surface area contributed by atoms with E-state index in [-0.39, 0.29) is 5.91 Å². The first-order valence-electron chi connectivity index (χ1n) is 13.0. The van der Waals surface area contributed by atoms with E-state index in [1.54, 1.807) is 42.7 Å². The Morgan fingerprint density at radius 2 is 1.61 bits per heavy atom. The number of rotatable bonds is 8. The fraction of sp³-hybridized carbons (Fsp3) is 0.129. The number of carbonyl (C=O) groups is 2. The highest BCUT2D eigenvalue weighted by molar-refractivity contribution is 6.16. The van der Waals surface area contributed by atoms with Crippen molar-refractivity contribution in [3.8, 4) is 11.5 Å². The lowest BCUT2D eigenvalue weighted by Gasteiger charge is -2.17. The van der Waals surface area contributed by atoms with Gasteiger partial charge in [-0.15, -0.1) is 4.91 Å². The van der Waals surface area contributed by atoms with Crippen molar-refractivity contribution in [3.05, 3.63) is 114 Å². The van der Waals surface area contributed by atoms with Crippen LogP contribution in [0.5, 0.6) is 11.5 Å². The van der Waals surface area contributed by atoms with Gasteiger partial charge in [-0.3, -0.25) is 9.59 Å². The fourth-order valence-corrected chi connectivity index (χ4v) is 4.70. The summed E-state index contributed by atoms with van der Waals surface area (Å²) < 4.78 is 19.3. The van der Waals surface area contributed by atoms with Crippen LogP contribution in [0.1, 0.15) is 18.4 Å². The molecule has 3 aromatic carbocycles. The minimum absolute atomic E-state index is 0.387. The van der Waals surface area contributed by atoms with E-state index in [1.165, 1.54) is 29.3 Å². The summed E-state index contributed by atoms with van der Waals surface area (Å²) in [6.07, 6.45) is 8.03. The normalized spacial score (nSPS) is 15.1. The van der Waals surface area contributed by atoms with E-state index >= 15 is 0 Å². The number of nitrogens with one attached hydrogen (secondary N) is 3. The number of nitroso groups, excluding NO2 is 1. The summed E-state index contributed by atoms with van der Waals surface area (Å²) in [6.45, 7) is 0.393. The van der Waals surface area contributed by atoms with Gasteiger partial charge in [0, 0.05) is 29.7 Å². The molecule has 2 amide bonds. The van der Waals surface area contributed by atoms with Crippen molar-refractivity contribution in [1.82, 2.24) is 5.01 Å². The summed E-state index contributed by atoms with van der Waals surface area (Å²) in [4.78, 5) is 39.9. The molecule has 0 saturated heterocycles. The van der Waals surface area contributed by atoms with Gasteiger partial charge in [0.25, 0.3) is 0 Å². The van der Waals surface area contributed by atoms with Crippen LogP contribution >= 0.6 is 0 Å². The number of hydrogen-bond donors (Lipinski definition) is 2. The van der Waals surface area contributed by atoms with Crippen molar-refractivity contribution in [1.29, 1.82) is 0 Å². The maximum atomic E-state index is 13.2. The second-order valence-electron chi connectivity index (χ2n) is 9.94. The van der Waals surface area contributed by atoms with E-state index in [0.29, 0.717) is 42.3 Å². The van der Waals surface area contributed by atoms with Crippen LogP contribution in [0.2, 0.25) is 0 Å². The van der Waals surface area contributed by atoms with Crippen LogP contribution in [0, 0.1) is 16.1 Å². The summed E-state index contributed by atoms with van der Waals surface area (Å²) in [5, 5.41) is 10.7. The summed E-state index contributed by atoms with van der Waals surface area (Å²) >= 11 is 0. The van der Waals surface area contributed by atoms with Crippen molar-refractivity contribution in [2.45, 2.75) is 12.8 Å². The van der Waals surface area contributed by atoms with Gasteiger partial charge in [0.1, 0.15) is 22.7 Å². The number of benzene rings is 3. The lowest BCUT2D eigenvalue weighted by atomic mass is 10.0. The van der Waals surface area contributed by atoms with Gasteiger partial charge in [-0.05, 0) is 84.7 Å². The topological polar surface area (TPSA) is 114 Å². The number of aromatic nitrogens is 1. The molecule has 204 valence electrons. The number of H-pyrrole nitrogens is 1. The second-order valence-corrected chi connectivity index (χ2v) is 9.94. The van der Waals surface area contributed by atoms with Crippen molar-refractivity contribution < 1.29 is 23.7 Å². The minimum Gasteiger partial charge on any atom is -0.456 e. The van der Waals surface area contributed by atoms with E-state index in [4.69, 9.17) is 4.74 Å². The molecular weight excluding hydrogens is 525 g/mol. The van der Waals surface area contributed by atoms with Crippen molar-refractivity contribution in [3.63, 3.8) is 0 Å². The van der Waals surface area contributed by atoms with E-state index in [1.807, 2.05) is 30.3 Å². The molecule has 1 fully saturated rings. The van der Waals surface area contributed by atoms with Gasteiger partial charge in [-0.2, -0.15) is 0 Å². The molecule has 1 aliphatic heterocycles. The third-order valence-electron chi connectivity index (χ3n) is 7.18. The van der Waals surface area contributed by atoms with Gasteiger partial charge in [0.05, 0.1) is 17.2 Å². The molecule has 3 N–H and O–H groups in total. The molecule has 0 spiro atoms. The van der Waals surface area contributed by atoms with Crippen molar-refractivity contribution >= 4 is 39.7 Å². The molecule has 41 heavy (non-hydrogen) atoms. The second kappa shape index (κ2) is 10.6. The van der Waals surface area contributed by atoms with Crippen molar-refractivity contribution in [2.75, 3.05) is 17.2 Å². The quantitative estimate of drug-likeness (QED) is 0.211. The Morgan fingerprint density at radius 3 is 2.27 bits per heavy atom. The molecule has 10 heteroatoms. The Morgan fingerprint density at radius 1 is 0.927 bits per heavy atom. The monoisotopic (exact) mass is 550 g/mol. The number of fused-ring (bicyclic) bond motifs is 1. The minimum atomic E-state index is -1.14. The maximum Gasteiger partial charge on any atom is 0.240 e. The Bertz CT molecular complexity index is 1710. The summed E-state index contributed by atoms with van der Waals surface area (Å²) in [5.41, 5.74) is 2.61. The Kier molecular flexibility index (Phi) is 6.72. The predicted octanol–water partition coefficient (Wildman–Crippen LogP) is 5.84. The zero-order valence-electron chi connectivity index (χ0n) is 21.8. The lowest BCUT2D eigenvalue weighted by molar-refractivity contribution is -0.344. The van der Waals surface area contributed by atoms with Gasteiger partial charge in [0.15, 0.2) is 6.20 Å². The SMILES string of the molecule is O=NN1C=CC=C(c2ccc3c(Oc4ccc(NC(=O)C5(C(=O)Nc6ccc(F)cc6)CC5)cc4)cc[nH+]c3c2)C1. The number of amides is 2. The van der Waals surface area contributed by atoms with Crippen LogP contribution in [0.25, 0.3) is 16.5 Å². The zero-order valence-corrected chi connectivity index (χ0v) is 21.8. The standard InChI is InChI=1S/C31H24FN5O4/c32-22-4-6-23(7-5-22)34-29(38)31(14-15-31)30(39)35-24-8-10-25(11-9-24)41-28-13-16-33-27-18-20(3-12-26(27)28)21-2-1-17-37(19-21)36-40/h1-13,16-18H,14-15,19H2,(H,34,38)(H,35,39)/p+1. The highest BCUT2D eigenvalue weighted by Crippen LogP contribution is 2.47. The molecule has 2 aliphatic rings. The molecule has 1 aromatic heterocycles. The molecule has 2 heterocycles. The van der Waals surface area contributed by atoms with E-state index in [9.17, 15) is 18.9 Å². The highest BCUT2D eigenvalue weighted by Gasteiger charge is 2.56. The van der Waals surface area contributed by atoms with Gasteiger partial charge in [0.2, 0.25) is 17.3 Å². The van der Waals surface area contributed by atoms with Crippen LogP contribution in [-0.2, 0) is 9.59 Å². The maximum absolute atomic E-state index is 13.2. The number of carbonyl (C=O) groups excluding carboxylic acids is 2. The molecule has 4 aromatic rings. The van der Waals surface area contributed by atoms with Crippen LogP contribution in [-0.4, -0.2) is 23.4 Å². The van der Waals surface area contributed by atoms with E-state index in [2.05, 4.69) is 20.9 Å². The third-order valence-corrected chi connectivity index (χ3v) is 7.18. The first-order chi connectivity index (χ1) is 19.9. The third kappa shape index (κ3) is 5.40. The van der Waals surface area contributed by atoms with Gasteiger partial charge in [-0.1, -0.05) is 12.1 Å². The zero-order chi connectivity index (χ0) is 28.4. The summed E-state index contributed by atoms with van der Waals surface area (Å²) in [7, 11) is 0. The number of halogens is 1. The van der Waals surface area contributed by atoms with Crippen LogP contribution < -0.4 is 20.4 Å². The lowest BCUT2D eigenvalue weighted by Crippen LogP contribution is -2.35. The first-order valence-corrected chi connectivity index (χ1v) is 13.0. The van der Waals surface area contributed by atoms with Gasteiger partial charge < -0.3 is 15.4 Å². The molecule has 9 nitrogen and oxygen atoms in total. The molecule has 0 atom stereocenters. The predicted molar refractivity (Wildman–Crippen MR) is 152 cm³/mol. The average Bonchev–Trinajstić information content (AvgIpc) is 3.82. The largest absolute Gasteiger partial charge is 0.456 e. The number of hydrogen-bond acceptors (Lipinski definition) is 5. The van der Waals surface area contributed by atoms with Crippen LogP contribution in [0.3, 0.4) is 0 Å². The fourth-order valence-electron chi connectivity index (χ4n) is 4.70. The van der Waals surface area contributed by atoms with Crippen molar-refractivity contribution in [2.24, 2.45) is 10.7 Å². The first kappa shape index (κ1) is 25.9. The molecule has 0 bridgehead atoms. The summed E-state index contributed by atoms with van der Waals surface area (Å²) in [5.74, 6) is 0.0137. The van der Waals surface area contributed by atoms with E-state index in [0.717, 1.165) is 22.0 Å². The highest BCUT2D eigenvalue weighted by atomic mass is 19.1. The summed E-state index contributed by atoms with van der Waals surface area (Å²) in [6, 6.07) is 20.1. The van der Waals surface area contributed by atoms with E-state index < -0.39 is 17.1 Å². The Hall–Kier alpha value is -5.38. The van der Waals surface area contributed by atoms with Gasteiger partial charge >= 0.3 is 0 Å². The number of anilines is 2. The molecule has 6 rings (SSSR count). The Labute approximate surface area is 234 Å². The number of ether oxygens (including phenoxy) is 1. The molecule has 0 unspecified atom stereocenters. The molecule has 1 aliphatic carbocycles. The van der Waals surface area contributed by atoms with Crippen LogP contribution in [0.4, 0.5) is 15.8 Å². The molecule has 0 radical (unpaired) electrons. The molecular formula is C31H25FN5O4+.